The molecule has 0 saturated heterocycles. The zero-order chi connectivity index (χ0) is 21.7. The van der Waals surface area contributed by atoms with E-state index in [4.69, 9.17) is 0 Å². The molecule has 1 aromatic heterocycles. The molecule has 0 atom stereocenters. The van der Waals surface area contributed by atoms with Gasteiger partial charge in [-0.05, 0) is 29.2 Å². The van der Waals surface area contributed by atoms with Crippen LogP contribution in [0.1, 0.15) is 35.9 Å². The van der Waals surface area contributed by atoms with Crippen LogP contribution in [-0.4, -0.2) is 20.6 Å². The standard InChI is InChI=1S/C27H24N2O2/c1-2-21(26(30)31)20-25-28-18-19-29(25)27(22-12-6-3-7-13-22,23-14-8-4-9-15-23)24-16-10-5-11-17-24/h3-20H,2H2,1H3,(H,30,31)/b21-20+. The second-order valence-electron chi connectivity index (χ2n) is 7.29. The Morgan fingerprint density at radius 1 is 0.871 bits per heavy atom. The Kier molecular flexibility index (Phi) is 5.80. The number of benzene rings is 3. The first-order chi connectivity index (χ1) is 15.2. The third kappa shape index (κ3) is 3.68. The summed E-state index contributed by atoms with van der Waals surface area (Å²) >= 11 is 0. The zero-order valence-corrected chi connectivity index (χ0v) is 17.3. The van der Waals surface area contributed by atoms with E-state index < -0.39 is 11.5 Å². The topological polar surface area (TPSA) is 55.1 Å². The van der Waals surface area contributed by atoms with Crippen LogP contribution in [-0.2, 0) is 10.3 Å². The quantitative estimate of drug-likeness (QED) is 0.320. The van der Waals surface area contributed by atoms with Crippen molar-refractivity contribution in [1.29, 1.82) is 0 Å². The van der Waals surface area contributed by atoms with Crippen LogP contribution in [0.4, 0.5) is 0 Å². The van der Waals surface area contributed by atoms with Crippen LogP contribution >= 0.6 is 0 Å². The minimum absolute atomic E-state index is 0.315. The number of hydrogen-bond acceptors (Lipinski definition) is 2. The summed E-state index contributed by atoms with van der Waals surface area (Å²) in [4.78, 5) is 16.3. The summed E-state index contributed by atoms with van der Waals surface area (Å²) in [5.41, 5.74) is 2.79. The minimum Gasteiger partial charge on any atom is -0.478 e. The number of carboxylic acid groups (broad SMARTS) is 1. The summed E-state index contributed by atoms with van der Waals surface area (Å²) in [6.07, 6.45) is 5.74. The van der Waals surface area contributed by atoms with Crippen molar-refractivity contribution in [2.75, 3.05) is 0 Å². The van der Waals surface area contributed by atoms with Gasteiger partial charge in [0.05, 0.1) is 0 Å². The number of hydrogen-bond donors (Lipinski definition) is 1. The lowest BCUT2D eigenvalue weighted by Crippen LogP contribution is -2.38. The van der Waals surface area contributed by atoms with Crippen molar-refractivity contribution < 1.29 is 9.90 Å². The van der Waals surface area contributed by atoms with Crippen LogP contribution in [0.5, 0.6) is 0 Å². The SMILES string of the molecule is CC/C(=C\c1nccn1C(c1ccccc1)(c1ccccc1)c1ccccc1)C(=O)O. The molecule has 0 fully saturated rings. The fourth-order valence-electron chi connectivity index (χ4n) is 4.13. The van der Waals surface area contributed by atoms with Crippen molar-refractivity contribution in [3.05, 3.63) is 131 Å². The normalized spacial score (nSPS) is 12.0. The Labute approximate surface area is 182 Å². The Bertz CT molecular complexity index is 1080. The molecule has 0 saturated carbocycles. The van der Waals surface area contributed by atoms with Gasteiger partial charge in [0.25, 0.3) is 0 Å². The van der Waals surface area contributed by atoms with Gasteiger partial charge in [0, 0.05) is 18.0 Å². The van der Waals surface area contributed by atoms with E-state index in [9.17, 15) is 9.90 Å². The predicted molar refractivity (Wildman–Crippen MR) is 123 cm³/mol. The van der Waals surface area contributed by atoms with Gasteiger partial charge >= 0.3 is 5.97 Å². The van der Waals surface area contributed by atoms with E-state index in [-0.39, 0.29) is 0 Å². The second-order valence-corrected chi connectivity index (χ2v) is 7.29. The second kappa shape index (κ2) is 8.84. The fourth-order valence-corrected chi connectivity index (χ4v) is 4.13. The van der Waals surface area contributed by atoms with Crippen LogP contribution in [0.25, 0.3) is 6.08 Å². The van der Waals surface area contributed by atoms with Crippen molar-refractivity contribution in [3.8, 4) is 0 Å². The molecular formula is C27H24N2O2. The largest absolute Gasteiger partial charge is 0.478 e. The maximum Gasteiger partial charge on any atom is 0.331 e. The summed E-state index contributed by atoms with van der Waals surface area (Å²) < 4.78 is 2.08. The molecule has 0 spiro atoms. The maximum absolute atomic E-state index is 11.7. The van der Waals surface area contributed by atoms with Crippen molar-refractivity contribution >= 4 is 12.0 Å². The summed E-state index contributed by atoms with van der Waals surface area (Å²) in [6, 6.07) is 30.8. The molecule has 4 aromatic rings. The van der Waals surface area contributed by atoms with E-state index in [0.717, 1.165) is 16.7 Å². The molecule has 0 radical (unpaired) electrons. The van der Waals surface area contributed by atoms with Crippen molar-refractivity contribution in [2.24, 2.45) is 0 Å². The minimum atomic E-state index is -0.929. The highest BCUT2D eigenvalue weighted by molar-refractivity contribution is 5.91. The molecule has 4 nitrogen and oxygen atoms in total. The van der Waals surface area contributed by atoms with Gasteiger partial charge in [-0.1, -0.05) is 97.9 Å². The van der Waals surface area contributed by atoms with E-state index in [1.54, 1.807) is 12.3 Å². The van der Waals surface area contributed by atoms with E-state index in [1.165, 1.54) is 0 Å². The third-order valence-electron chi connectivity index (χ3n) is 5.56. The smallest absolute Gasteiger partial charge is 0.331 e. The van der Waals surface area contributed by atoms with Crippen molar-refractivity contribution in [3.63, 3.8) is 0 Å². The molecule has 3 aromatic carbocycles. The lowest BCUT2D eigenvalue weighted by Gasteiger charge is -2.38. The first-order valence-electron chi connectivity index (χ1n) is 10.3. The Morgan fingerprint density at radius 2 is 1.32 bits per heavy atom. The number of rotatable bonds is 7. The Balaban J connectivity index is 2.11. The molecule has 0 bridgehead atoms. The molecule has 1 N–H and O–H groups in total. The van der Waals surface area contributed by atoms with E-state index in [0.29, 0.717) is 17.8 Å². The molecule has 0 amide bonds. The van der Waals surface area contributed by atoms with Gasteiger partial charge in [0.2, 0.25) is 0 Å². The molecule has 4 rings (SSSR count). The van der Waals surface area contributed by atoms with Crippen LogP contribution in [0.3, 0.4) is 0 Å². The van der Waals surface area contributed by atoms with Crippen molar-refractivity contribution in [1.82, 2.24) is 9.55 Å². The highest BCUT2D eigenvalue weighted by Crippen LogP contribution is 2.41. The summed E-state index contributed by atoms with van der Waals surface area (Å²) in [5, 5.41) is 9.61. The number of carbonyl (C=O) groups is 1. The highest BCUT2D eigenvalue weighted by atomic mass is 16.4. The predicted octanol–water partition coefficient (Wildman–Crippen LogP) is 5.60. The molecule has 154 valence electrons. The molecular weight excluding hydrogens is 384 g/mol. The number of aliphatic carboxylic acids is 1. The first-order valence-corrected chi connectivity index (χ1v) is 10.3. The number of carboxylic acids is 1. The van der Waals surface area contributed by atoms with Gasteiger partial charge in [0.15, 0.2) is 0 Å². The molecule has 0 unspecified atom stereocenters. The monoisotopic (exact) mass is 408 g/mol. The molecule has 4 heteroatoms. The molecule has 1 heterocycles. The van der Waals surface area contributed by atoms with Gasteiger partial charge in [-0.3, -0.25) is 0 Å². The Morgan fingerprint density at radius 3 is 1.71 bits per heavy atom. The average molecular weight is 409 g/mol. The number of nitrogens with zero attached hydrogens (tertiary/aromatic N) is 2. The van der Waals surface area contributed by atoms with Gasteiger partial charge in [-0.15, -0.1) is 0 Å². The van der Waals surface area contributed by atoms with Crippen LogP contribution in [0.2, 0.25) is 0 Å². The van der Waals surface area contributed by atoms with Crippen LogP contribution < -0.4 is 0 Å². The van der Waals surface area contributed by atoms with Gasteiger partial charge in [-0.25, -0.2) is 9.78 Å². The molecule has 0 aliphatic heterocycles. The average Bonchev–Trinajstić information content (AvgIpc) is 3.28. The van der Waals surface area contributed by atoms with Crippen LogP contribution in [0, 0.1) is 0 Å². The van der Waals surface area contributed by atoms with Gasteiger partial charge < -0.3 is 9.67 Å². The lowest BCUT2D eigenvalue weighted by atomic mass is 9.76. The Hall–Kier alpha value is -3.92. The van der Waals surface area contributed by atoms with Gasteiger partial charge in [0.1, 0.15) is 11.4 Å². The maximum atomic E-state index is 11.7. The van der Waals surface area contributed by atoms with E-state index in [2.05, 4.69) is 45.9 Å². The van der Waals surface area contributed by atoms with Gasteiger partial charge in [-0.2, -0.15) is 0 Å². The number of aromatic nitrogens is 2. The summed E-state index contributed by atoms with van der Waals surface area (Å²) in [7, 11) is 0. The third-order valence-corrected chi connectivity index (χ3v) is 5.56. The molecule has 0 aliphatic carbocycles. The fraction of sp³-hybridized carbons (Fsp3) is 0.111. The van der Waals surface area contributed by atoms with Crippen molar-refractivity contribution in [2.45, 2.75) is 18.9 Å². The summed E-state index contributed by atoms with van der Waals surface area (Å²) in [6.45, 7) is 1.84. The van der Waals surface area contributed by atoms with E-state index >= 15 is 0 Å². The summed E-state index contributed by atoms with van der Waals surface area (Å²) in [5.74, 6) is -0.336. The molecule has 31 heavy (non-hydrogen) atoms. The zero-order valence-electron chi connectivity index (χ0n) is 17.3. The number of imidazole rings is 1. The lowest BCUT2D eigenvalue weighted by molar-refractivity contribution is -0.132. The molecule has 0 aliphatic rings. The first kappa shape index (κ1) is 20.4. The van der Waals surface area contributed by atoms with Crippen LogP contribution in [0.15, 0.2) is 109 Å². The van der Waals surface area contributed by atoms with E-state index in [1.807, 2.05) is 67.7 Å². The highest BCUT2D eigenvalue weighted by Gasteiger charge is 2.39.